The number of hydrogen-bond acceptors (Lipinski definition) is 3. The van der Waals surface area contributed by atoms with E-state index in [1.807, 2.05) is 44.4 Å². The first-order valence-corrected chi connectivity index (χ1v) is 6.34. The molecule has 0 radical (unpaired) electrons. The molecule has 2 aromatic rings. The van der Waals surface area contributed by atoms with E-state index in [-0.39, 0.29) is 0 Å². The summed E-state index contributed by atoms with van der Waals surface area (Å²) < 4.78 is 5.36. The van der Waals surface area contributed by atoms with E-state index in [2.05, 4.69) is 28.4 Å². The van der Waals surface area contributed by atoms with E-state index in [1.165, 1.54) is 5.69 Å². The number of rotatable bonds is 5. The second-order valence-electron chi connectivity index (χ2n) is 4.58. The third kappa shape index (κ3) is 3.19. The second-order valence-corrected chi connectivity index (χ2v) is 4.58. The zero-order chi connectivity index (χ0) is 13.7. The zero-order valence-electron chi connectivity index (χ0n) is 11.7. The molecule has 0 amide bonds. The summed E-state index contributed by atoms with van der Waals surface area (Å²) >= 11 is 0. The Hall–Kier alpha value is -2.16. The monoisotopic (exact) mass is 256 g/mol. The van der Waals surface area contributed by atoms with Gasteiger partial charge in [0.25, 0.3) is 0 Å². The number of nitrogens with zero attached hydrogens (tertiary/aromatic N) is 1. The molecule has 0 heterocycles. The molecular weight excluding hydrogens is 236 g/mol. The molecule has 0 aliphatic carbocycles. The van der Waals surface area contributed by atoms with Gasteiger partial charge in [0.2, 0.25) is 0 Å². The van der Waals surface area contributed by atoms with Crippen molar-refractivity contribution in [1.29, 1.82) is 0 Å². The predicted molar refractivity (Wildman–Crippen MR) is 81.1 cm³/mol. The Morgan fingerprint density at radius 1 is 1.00 bits per heavy atom. The van der Waals surface area contributed by atoms with E-state index in [0.717, 1.165) is 23.5 Å². The minimum absolute atomic E-state index is 0.745. The van der Waals surface area contributed by atoms with E-state index in [0.29, 0.717) is 0 Å². The van der Waals surface area contributed by atoms with Gasteiger partial charge in [0.15, 0.2) is 0 Å². The molecule has 0 saturated carbocycles. The number of ether oxygens (including phenoxy) is 1. The number of para-hydroxylation sites is 3. The van der Waals surface area contributed by atoms with Crippen molar-refractivity contribution in [2.75, 3.05) is 31.4 Å². The molecule has 3 heteroatoms. The Morgan fingerprint density at radius 3 is 2.42 bits per heavy atom. The fraction of sp³-hybridized carbons (Fsp3) is 0.250. The molecule has 0 aromatic heterocycles. The zero-order valence-corrected chi connectivity index (χ0v) is 11.7. The van der Waals surface area contributed by atoms with Crippen LogP contribution in [0.25, 0.3) is 0 Å². The molecule has 0 spiro atoms. The number of methoxy groups -OCH3 is 1. The van der Waals surface area contributed by atoms with Crippen molar-refractivity contribution in [2.45, 2.75) is 6.54 Å². The lowest BCUT2D eigenvalue weighted by atomic mass is 10.2. The molecule has 0 bridgehead atoms. The topological polar surface area (TPSA) is 24.5 Å². The van der Waals surface area contributed by atoms with Crippen LogP contribution in [0.15, 0.2) is 48.5 Å². The van der Waals surface area contributed by atoms with Gasteiger partial charge >= 0.3 is 0 Å². The van der Waals surface area contributed by atoms with Crippen LogP contribution in [0.1, 0.15) is 5.56 Å². The molecule has 0 atom stereocenters. The maximum atomic E-state index is 5.36. The fourth-order valence-corrected chi connectivity index (χ4v) is 2.05. The van der Waals surface area contributed by atoms with Crippen molar-refractivity contribution in [3.8, 4) is 5.75 Å². The van der Waals surface area contributed by atoms with E-state index in [4.69, 9.17) is 4.74 Å². The number of hydrogen-bond donors (Lipinski definition) is 1. The van der Waals surface area contributed by atoms with Crippen molar-refractivity contribution in [3.63, 3.8) is 0 Å². The van der Waals surface area contributed by atoms with Gasteiger partial charge in [0.1, 0.15) is 5.75 Å². The van der Waals surface area contributed by atoms with Gasteiger partial charge < -0.3 is 15.0 Å². The molecule has 100 valence electrons. The molecule has 0 aliphatic rings. The Morgan fingerprint density at radius 2 is 1.68 bits per heavy atom. The minimum Gasteiger partial charge on any atom is -0.496 e. The summed E-state index contributed by atoms with van der Waals surface area (Å²) in [5.74, 6) is 0.914. The second kappa shape index (κ2) is 6.14. The van der Waals surface area contributed by atoms with E-state index >= 15 is 0 Å². The maximum Gasteiger partial charge on any atom is 0.123 e. The van der Waals surface area contributed by atoms with Crippen LogP contribution in [0.2, 0.25) is 0 Å². The molecule has 1 N–H and O–H groups in total. The minimum atomic E-state index is 0.745. The number of benzene rings is 2. The molecule has 3 nitrogen and oxygen atoms in total. The van der Waals surface area contributed by atoms with Gasteiger partial charge in [-0.3, -0.25) is 0 Å². The highest BCUT2D eigenvalue weighted by Crippen LogP contribution is 2.25. The lowest BCUT2D eigenvalue weighted by Crippen LogP contribution is -2.12. The molecule has 0 unspecified atom stereocenters. The maximum absolute atomic E-state index is 5.36. The predicted octanol–water partition coefficient (Wildman–Crippen LogP) is 3.37. The fourth-order valence-electron chi connectivity index (χ4n) is 2.05. The average Bonchev–Trinajstić information content (AvgIpc) is 2.45. The average molecular weight is 256 g/mol. The standard InChI is InChI=1S/C16H20N2O/c1-18(2)15-10-6-5-9-14(15)17-12-13-8-4-7-11-16(13)19-3/h4-11,17H,12H2,1-3H3. The molecular formula is C16H20N2O. The van der Waals surface area contributed by atoms with Gasteiger partial charge in [-0.2, -0.15) is 0 Å². The first kappa shape index (κ1) is 13.3. The molecule has 0 fully saturated rings. The van der Waals surface area contributed by atoms with Crippen LogP contribution in [0.4, 0.5) is 11.4 Å². The molecule has 0 saturated heterocycles. The Balaban J connectivity index is 2.15. The molecule has 2 aromatic carbocycles. The van der Waals surface area contributed by atoms with Crippen LogP contribution in [0.5, 0.6) is 5.75 Å². The highest BCUT2D eigenvalue weighted by Gasteiger charge is 2.05. The highest BCUT2D eigenvalue weighted by atomic mass is 16.5. The van der Waals surface area contributed by atoms with Crippen molar-refractivity contribution in [1.82, 2.24) is 0 Å². The Bertz CT molecular complexity index is 538. The summed E-state index contributed by atoms with van der Waals surface area (Å²) in [6.07, 6.45) is 0. The molecule has 19 heavy (non-hydrogen) atoms. The third-order valence-electron chi connectivity index (χ3n) is 3.05. The van der Waals surface area contributed by atoms with Crippen LogP contribution in [0, 0.1) is 0 Å². The summed E-state index contributed by atoms with van der Waals surface area (Å²) in [5, 5.41) is 3.46. The quantitative estimate of drug-likeness (QED) is 0.887. The summed E-state index contributed by atoms with van der Waals surface area (Å²) in [6.45, 7) is 0.745. The normalized spacial score (nSPS) is 10.1. The van der Waals surface area contributed by atoms with Crippen molar-refractivity contribution in [3.05, 3.63) is 54.1 Å². The van der Waals surface area contributed by atoms with E-state index in [9.17, 15) is 0 Å². The first-order chi connectivity index (χ1) is 9.22. The Labute approximate surface area is 114 Å². The smallest absolute Gasteiger partial charge is 0.123 e. The van der Waals surface area contributed by atoms with Crippen LogP contribution >= 0.6 is 0 Å². The van der Waals surface area contributed by atoms with Gasteiger partial charge in [0.05, 0.1) is 18.5 Å². The molecule has 2 rings (SSSR count). The van der Waals surface area contributed by atoms with Crippen molar-refractivity contribution < 1.29 is 4.74 Å². The van der Waals surface area contributed by atoms with Crippen LogP contribution < -0.4 is 15.0 Å². The summed E-state index contributed by atoms with van der Waals surface area (Å²) in [6, 6.07) is 16.3. The van der Waals surface area contributed by atoms with Gasteiger partial charge in [-0.25, -0.2) is 0 Å². The third-order valence-corrected chi connectivity index (χ3v) is 3.05. The summed E-state index contributed by atoms with van der Waals surface area (Å²) in [4.78, 5) is 2.10. The lowest BCUT2D eigenvalue weighted by molar-refractivity contribution is 0.410. The van der Waals surface area contributed by atoms with Gasteiger partial charge in [-0.15, -0.1) is 0 Å². The van der Waals surface area contributed by atoms with Gasteiger partial charge in [-0.05, 0) is 18.2 Å². The number of nitrogens with one attached hydrogen (secondary N) is 1. The van der Waals surface area contributed by atoms with Crippen molar-refractivity contribution >= 4 is 11.4 Å². The van der Waals surface area contributed by atoms with E-state index in [1.54, 1.807) is 7.11 Å². The van der Waals surface area contributed by atoms with Gasteiger partial charge in [0, 0.05) is 26.2 Å². The van der Waals surface area contributed by atoms with Crippen molar-refractivity contribution in [2.24, 2.45) is 0 Å². The SMILES string of the molecule is COc1ccccc1CNc1ccccc1N(C)C. The first-order valence-electron chi connectivity index (χ1n) is 6.34. The van der Waals surface area contributed by atoms with Crippen LogP contribution in [0.3, 0.4) is 0 Å². The highest BCUT2D eigenvalue weighted by molar-refractivity contribution is 5.69. The lowest BCUT2D eigenvalue weighted by Gasteiger charge is -2.18. The Kier molecular flexibility index (Phi) is 4.29. The summed E-state index contributed by atoms with van der Waals surface area (Å²) in [7, 11) is 5.79. The largest absolute Gasteiger partial charge is 0.496 e. The van der Waals surface area contributed by atoms with Gasteiger partial charge in [-0.1, -0.05) is 30.3 Å². The summed E-state index contributed by atoms with van der Waals surface area (Å²) in [5.41, 5.74) is 3.45. The van der Waals surface area contributed by atoms with E-state index < -0.39 is 0 Å². The van der Waals surface area contributed by atoms with Crippen LogP contribution in [-0.4, -0.2) is 21.2 Å². The number of anilines is 2. The molecule has 0 aliphatic heterocycles. The van der Waals surface area contributed by atoms with Crippen LogP contribution in [-0.2, 0) is 6.54 Å².